The number of carbonyl (C=O) groups excluding carboxylic acids is 2. The zero-order valence-corrected chi connectivity index (χ0v) is 14.3. The van der Waals surface area contributed by atoms with Crippen LogP contribution in [0.15, 0.2) is 24.3 Å². The molecule has 134 valence electrons. The van der Waals surface area contributed by atoms with E-state index in [2.05, 4.69) is 10.6 Å². The molecule has 0 saturated carbocycles. The lowest BCUT2D eigenvalue weighted by Gasteiger charge is -2.15. The van der Waals surface area contributed by atoms with Crippen molar-refractivity contribution in [3.63, 3.8) is 0 Å². The van der Waals surface area contributed by atoms with Gasteiger partial charge in [-0.1, -0.05) is 6.07 Å². The van der Waals surface area contributed by atoms with Gasteiger partial charge < -0.3 is 29.6 Å². The van der Waals surface area contributed by atoms with Gasteiger partial charge in [0.15, 0.2) is 12.6 Å². The van der Waals surface area contributed by atoms with Crippen molar-refractivity contribution in [1.82, 2.24) is 10.6 Å². The largest absolute Gasteiger partial charge is 0.354 e. The summed E-state index contributed by atoms with van der Waals surface area (Å²) in [5.74, 6) is -0.647. The Bertz CT molecular complexity index is 486. The maximum Gasteiger partial charge on any atom is 0.251 e. The third kappa shape index (κ3) is 6.25. The number of rotatable bonds is 10. The molecule has 0 aliphatic rings. The Kier molecular flexibility index (Phi) is 8.95. The SMILES string of the molecule is COC(CNC(=O)c1cccc(C(=O)NCC(OC)OC)c1)OC. The van der Waals surface area contributed by atoms with Crippen LogP contribution in [0.4, 0.5) is 0 Å². The van der Waals surface area contributed by atoms with E-state index >= 15 is 0 Å². The van der Waals surface area contributed by atoms with Crippen LogP contribution in [0.5, 0.6) is 0 Å². The summed E-state index contributed by atoms with van der Waals surface area (Å²) in [4.78, 5) is 24.2. The number of carbonyl (C=O) groups is 2. The van der Waals surface area contributed by atoms with Crippen LogP contribution in [0.2, 0.25) is 0 Å². The van der Waals surface area contributed by atoms with Gasteiger partial charge in [-0.15, -0.1) is 0 Å². The third-order valence-electron chi connectivity index (χ3n) is 3.30. The Balaban J connectivity index is 2.65. The van der Waals surface area contributed by atoms with Crippen LogP contribution >= 0.6 is 0 Å². The van der Waals surface area contributed by atoms with E-state index < -0.39 is 12.6 Å². The second-order valence-corrected chi connectivity index (χ2v) is 4.80. The molecule has 0 bridgehead atoms. The summed E-state index contributed by atoms with van der Waals surface area (Å²) in [6.07, 6.45) is -1.05. The summed E-state index contributed by atoms with van der Waals surface area (Å²) >= 11 is 0. The Morgan fingerprint density at radius 3 is 1.54 bits per heavy atom. The first-order valence-corrected chi connectivity index (χ1v) is 7.33. The van der Waals surface area contributed by atoms with Gasteiger partial charge in [-0.05, 0) is 18.2 Å². The fraction of sp³-hybridized carbons (Fsp3) is 0.500. The van der Waals surface area contributed by atoms with Gasteiger partial charge in [0.25, 0.3) is 11.8 Å². The Hall–Kier alpha value is -2.00. The molecule has 0 unspecified atom stereocenters. The quantitative estimate of drug-likeness (QED) is 0.598. The van der Waals surface area contributed by atoms with E-state index in [-0.39, 0.29) is 24.9 Å². The van der Waals surface area contributed by atoms with Crippen LogP contribution in [0.3, 0.4) is 0 Å². The van der Waals surface area contributed by atoms with Crippen LogP contribution in [-0.4, -0.2) is 65.9 Å². The van der Waals surface area contributed by atoms with Crippen LogP contribution in [0.1, 0.15) is 20.7 Å². The predicted molar refractivity (Wildman–Crippen MR) is 86.7 cm³/mol. The summed E-state index contributed by atoms with van der Waals surface area (Å²) in [7, 11) is 5.94. The molecule has 24 heavy (non-hydrogen) atoms. The Morgan fingerprint density at radius 2 is 1.21 bits per heavy atom. The molecule has 1 aromatic rings. The molecule has 0 spiro atoms. The molecular formula is C16H24N2O6. The van der Waals surface area contributed by atoms with E-state index in [0.717, 1.165) is 0 Å². The minimum Gasteiger partial charge on any atom is -0.354 e. The maximum absolute atomic E-state index is 12.1. The van der Waals surface area contributed by atoms with Crippen molar-refractivity contribution in [3.8, 4) is 0 Å². The van der Waals surface area contributed by atoms with Gasteiger partial charge in [0.2, 0.25) is 0 Å². The summed E-state index contributed by atoms with van der Waals surface area (Å²) in [5, 5.41) is 5.35. The standard InChI is InChI=1S/C16H24N2O6/c1-21-13(22-2)9-17-15(19)11-6-5-7-12(8-11)16(20)18-10-14(23-3)24-4/h5-8,13-14H,9-10H2,1-4H3,(H,17,19)(H,18,20). The van der Waals surface area contributed by atoms with Crippen LogP contribution in [0, 0.1) is 0 Å². The zero-order chi connectivity index (χ0) is 17.9. The molecule has 0 aliphatic carbocycles. The molecule has 0 aromatic heterocycles. The van der Waals surface area contributed by atoms with E-state index in [4.69, 9.17) is 18.9 Å². The molecule has 1 aromatic carbocycles. The molecule has 2 N–H and O–H groups in total. The number of ether oxygens (including phenoxy) is 4. The number of nitrogens with one attached hydrogen (secondary N) is 2. The predicted octanol–water partition coefficient (Wildman–Crippen LogP) is 0.384. The first-order valence-electron chi connectivity index (χ1n) is 7.33. The Labute approximate surface area is 141 Å². The minimum absolute atomic E-state index is 0.200. The highest BCUT2D eigenvalue weighted by atomic mass is 16.7. The summed E-state index contributed by atoms with van der Waals surface area (Å²) < 4.78 is 20.0. The Morgan fingerprint density at radius 1 is 0.833 bits per heavy atom. The number of amides is 2. The lowest BCUT2D eigenvalue weighted by Crippen LogP contribution is -2.35. The molecule has 0 radical (unpaired) electrons. The van der Waals surface area contributed by atoms with Gasteiger partial charge in [-0.25, -0.2) is 0 Å². The van der Waals surface area contributed by atoms with Crippen LogP contribution < -0.4 is 10.6 Å². The minimum atomic E-state index is -0.527. The van der Waals surface area contributed by atoms with E-state index in [9.17, 15) is 9.59 Å². The van der Waals surface area contributed by atoms with E-state index in [0.29, 0.717) is 11.1 Å². The van der Waals surface area contributed by atoms with Gasteiger partial charge in [0.05, 0.1) is 13.1 Å². The van der Waals surface area contributed by atoms with E-state index in [1.165, 1.54) is 34.5 Å². The van der Waals surface area contributed by atoms with Gasteiger partial charge in [-0.2, -0.15) is 0 Å². The highest BCUT2D eigenvalue weighted by Gasteiger charge is 2.13. The first-order chi connectivity index (χ1) is 11.5. The van der Waals surface area contributed by atoms with Crippen molar-refractivity contribution in [2.45, 2.75) is 12.6 Å². The molecule has 0 saturated heterocycles. The molecule has 0 aliphatic heterocycles. The van der Waals surface area contributed by atoms with Gasteiger partial charge in [0, 0.05) is 39.6 Å². The first kappa shape index (κ1) is 20.0. The summed E-state index contributed by atoms with van der Waals surface area (Å²) in [6, 6.07) is 6.38. The number of methoxy groups -OCH3 is 4. The van der Waals surface area contributed by atoms with Crippen molar-refractivity contribution in [2.75, 3.05) is 41.5 Å². The van der Waals surface area contributed by atoms with E-state index in [1.807, 2.05) is 0 Å². The van der Waals surface area contributed by atoms with Gasteiger partial charge >= 0.3 is 0 Å². The number of hydrogen-bond acceptors (Lipinski definition) is 6. The molecule has 2 amide bonds. The van der Waals surface area contributed by atoms with Crippen molar-refractivity contribution in [1.29, 1.82) is 0 Å². The van der Waals surface area contributed by atoms with E-state index in [1.54, 1.807) is 18.2 Å². The van der Waals surface area contributed by atoms with Crippen molar-refractivity contribution >= 4 is 11.8 Å². The van der Waals surface area contributed by atoms with Crippen LogP contribution in [0.25, 0.3) is 0 Å². The number of benzene rings is 1. The van der Waals surface area contributed by atoms with Gasteiger partial charge in [-0.3, -0.25) is 9.59 Å². The highest BCUT2D eigenvalue weighted by molar-refractivity contribution is 5.99. The lowest BCUT2D eigenvalue weighted by atomic mass is 10.1. The summed E-state index contributed by atoms with van der Waals surface area (Å²) in [6.45, 7) is 0.400. The molecular weight excluding hydrogens is 316 g/mol. The fourth-order valence-corrected chi connectivity index (χ4v) is 1.88. The maximum atomic E-state index is 12.1. The molecule has 0 heterocycles. The van der Waals surface area contributed by atoms with Crippen molar-refractivity contribution in [3.05, 3.63) is 35.4 Å². The van der Waals surface area contributed by atoms with Crippen LogP contribution in [-0.2, 0) is 18.9 Å². The second-order valence-electron chi connectivity index (χ2n) is 4.80. The molecule has 0 fully saturated rings. The molecule has 8 nitrogen and oxygen atoms in total. The highest BCUT2D eigenvalue weighted by Crippen LogP contribution is 2.06. The smallest absolute Gasteiger partial charge is 0.251 e. The molecule has 8 heteroatoms. The fourth-order valence-electron chi connectivity index (χ4n) is 1.88. The topological polar surface area (TPSA) is 95.1 Å². The molecule has 0 atom stereocenters. The van der Waals surface area contributed by atoms with Crippen molar-refractivity contribution < 1.29 is 28.5 Å². The third-order valence-corrected chi connectivity index (χ3v) is 3.30. The zero-order valence-electron chi connectivity index (χ0n) is 14.3. The lowest BCUT2D eigenvalue weighted by molar-refractivity contribution is -0.0975. The average molecular weight is 340 g/mol. The normalized spacial score (nSPS) is 10.9. The average Bonchev–Trinajstić information content (AvgIpc) is 2.63. The molecule has 1 rings (SSSR count). The van der Waals surface area contributed by atoms with Gasteiger partial charge in [0.1, 0.15) is 0 Å². The van der Waals surface area contributed by atoms with Crippen molar-refractivity contribution in [2.24, 2.45) is 0 Å². The summed E-state index contributed by atoms with van der Waals surface area (Å²) in [5.41, 5.74) is 0.729. The second kappa shape index (κ2) is 10.7. The number of hydrogen-bond donors (Lipinski definition) is 2. The monoisotopic (exact) mass is 340 g/mol.